The van der Waals surface area contributed by atoms with E-state index >= 15 is 0 Å². The van der Waals surface area contributed by atoms with Crippen LogP contribution in [-0.2, 0) is 0 Å². The number of ketones is 1. The van der Waals surface area contributed by atoms with Gasteiger partial charge in [-0.3, -0.25) is 4.79 Å². The molecule has 0 amide bonds. The monoisotopic (exact) mass is 380 g/mol. The van der Waals surface area contributed by atoms with E-state index < -0.39 is 0 Å². The molecule has 1 aromatic carbocycles. The maximum absolute atomic E-state index is 11.0. The predicted molar refractivity (Wildman–Crippen MR) is 66.8 cm³/mol. The van der Waals surface area contributed by atoms with E-state index in [9.17, 15) is 4.79 Å². The van der Waals surface area contributed by atoms with Crippen molar-refractivity contribution in [3.63, 3.8) is 0 Å². The van der Waals surface area contributed by atoms with E-state index in [1.165, 1.54) is 6.42 Å². The average Bonchev–Trinajstić information content (AvgIpc) is 2.29. The number of carbonyl (C=O) groups is 1. The normalized spacial score (nSPS) is 7.24. The minimum Gasteiger partial charge on any atom is -1.00 e. The quantitative estimate of drug-likeness (QED) is 0.414. The van der Waals surface area contributed by atoms with Crippen LogP contribution in [0.25, 0.3) is 0 Å². The van der Waals surface area contributed by atoms with E-state index in [4.69, 9.17) is 0 Å². The molecular formula is C13H18Cl2OSn. The smallest absolute Gasteiger partial charge is 1.00 e. The van der Waals surface area contributed by atoms with Gasteiger partial charge in [0.1, 0.15) is 0 Å². The van der Waals surface area contributed by atoms with Crippen molar-refractivity contribution < 1.29 is 29.6 Å². The van der Waals surface area contributed by atoms with E-state index in [2.05, 4.69) is 20.8 Å². The van der Waals surface area contributed by atoms with Gasteiger partial charge in [-0.15, -0.1) is 0 Å². The first-order chi connectivity index (χ1) is 6.76. The van der Waals surface area contributed by atoms with Gasteiger partial charge in [-0.25, -0.2) is 0 Å². The fourth-order valence-corrected chi connectivity index (χ4v) is 0.768. The molecule has 0 spiro atoms. The Morgan fingerprint density at radius 3 is 1.82 bits per heavy atom. The van der Waals surface area contributed by atoms with Crippen LogP contribution in [0.2, 0.25) is 0 Å². The van der Waals surface area contributed by atoms with Gasteiger partial charge in [0.25, 0.3) is 0 Å². The Labute approximate surface area is 135 Å². The van der Waals surface area contributed by atoms with Crippen molar-refractivity contribution in [3.05, 3.63) is 49.7 Å². The van der Waals surface area contributed by atoms with Crippen LogP contribution in [0.4, 0.5) is 0 Å². The van der Waals surface area contributed by atoms with Crippen molar-refractivity contribution in [2.45, 2.75) is 26.2 Å². The predicted octanol–water partition coefficient (Wildman–Crippen LogP) is -2.66. The molecule has 0 aliphatic carbocycles. The molecule has 0 saturated heterocycles. The van der Waals surface area contributed by atoms with Gasteiger partial charge in [0.15, 0.2) is 5.78 Å². The molecule has 1 rings (SSSR count). The third-order valence-electron chi connectivity index (χ3n) is 1.68. The van der Waals surface area contributed by atoms with E-state index in [1.54, 1.807) is 12.1 Å². The Morgan fingerprint density at radius 2 is 1.53 bits per heavy atom. The molecule has 4 heteroatoms. The fourth-order valence-electron chi connectivity index (χ4n) is 0.768. The SMILES string of the molecule is [CH2]CC(=O)c1ccccc1.[CH2]CCC.[Cl-].[Cl-].[Sn+2]. The van der Waals surface area contributed by atoms with Crippen LogP contribution >= 0.6 is 0 Å². The molecule has 0 aromatic heterocycles. The standard InChI is InChI=1S/C9H9O.C4H9.2ClH.Sn/c1-2-9(10)8-6-4-3-5-7-8;1-3-4-2;;;/h3-7H,1-2H2;1,3-4H2,2H3;2*1H;/q;;;;+2/p-2. The molecule has 0 N–H and O–H groups in total. The van der Waals surface area contributed by atoms with E-state index in [-0.39, 0.29) is 54.5 Å². The first-order valence-electron chi connectivity index (χ1n) is 4.93. The molecule has 0 unspecified atom stereocenters. The largest absolute Gasteiger partial charge is 2.00 e. The van der Waals surface area contributed by atoms with Crippen LogP contribution in [0.5, 0.6) is 0 Å². The number of hydrogen-bond donors (Lipinski definition) is 0. The summed E-state index contributed by atoms with van der Waals surface area (Å²) in [4.78, 5) is 11.0. The molecule has 0 fully saturated rings. The van der Waals surface area contributed by atoms with Crippen molar-refractivity contribution in [1.29, 1.82) is 0 Å². The minimum absolute atomic E-state index is 0. The summed E-state index contributed by atoms with van der Waals surface area (Å²) in [5.74, 6) is 0.0978. The van der Waals surface area contributed by atoms with Gasteiger partial charge in [0, 0.05) is 12.0 Å². The molecule has 0 saturated carbocycles. The summed E-state index contributed by atoms with van der Waals surface area (Å²) >= 11 is 0. The summed E-state index contributed by atoms with van der Waals surface area (Å²) in [6.07, 6.45) is 2.62. The molecule has 0 atom stereocenters. The summed E-state index contributed by atoms with van der Waals surface area (Å²) < 4.78 is 0. The molecule has 1 nitrogen and oxygen atoms in total. The van der Waals surface area contributed by atoms with Crippen molar-refractivity contribution in [3.8, 4) is 0 Å². The number of benzene rings is 1. The van der Waals surface area contributed by atoms with E-state index in [1.807, 2.05) is 18.2 Å². The zero-order valence-corrected chi connectivity index (χ0v) is 14.5. The first kappa shape index (κ1) is 26.0. The fraction of sp³-hybridized carbons (Fsp3) is 0.308. The first-order valence-corrected chi connectivity index (χ1v) is 4.93. The summed E-state index contributed by atoms with van der Waals surface area (Å²) in [5.41, 5.74) is 0.748. The summed E-state index contributed by atoms with van der Waals surface area (Å²) in [6.45, 7) is 9.23. The molecule has 17 heavy (non-hydrogen) atoms. The van der Waals surface area contributed by atoms with Gasteiger partial charge in [-0.1, -0.05) is 57.0 Å². The maximum atomic E-state index is 11.0. The number of Topliss-reactive ketones (excluding diaryl/α,β-unsaturated/α-hetero) is 1. The zero-order valence-electron chi connectivity index (χ0n) is 10.1. The van der Waals surface area contributed by atoms with Gasteiger partial charge in [0.05, 0.1) is 0 Å². The number of rotatable bonds is 3. The van der Waals surface area contributed by atoms with Crippen molar-refractivity contribution >= 4 is 29.7 Å². The molecular weight excluding hydrogens is 362 g/mol. The Bertz CT molecular complexity index is 251. The Hall–Kier alpha value is 0.269. The zero-order chi connectivity index (χ0) is 10.8. The Kier molecular flexibility index (Phi) is 28.4. The van der Waals surface area contributed by atoms with Gasteiger partial charge >= 0.3 is 23.9 Å². The molecule has 0 aliphatic heterocycles. The van der Waals surface area contributed by atoms with E-state index in [0.717, 1.165) is 12.0 Å². The summed E-state index contributed by atoms with van der Waals surface area (Å²) in [5, 5.41) is 0. The topological polar surface area (TPSA) is 17.1 Å². The number of unbranched alkanes of at least 4 members (excludes halogenated alkanes) is 1. The van der Waals surface area contributed by atoms with Crippen LogP contribution in [0.1, 0.15) is 36.5 Å². The van der Waals surface area contributed by atoms with Crippen LogP contribution in [0.15, 0.2) is 30.3 Å². The molecule has 0 heterocycles. The van der Waals surface area contributed by atoms with E-state index in [0.29, 0.717) is 6.42 Å². The Morgan fingerprint density at radius 1 is 1.12 bits per heavy atom. The van der Waals surface area contributed by atoms with Crippen molar-refractivity contribution in [2.24, 2.45) is 0 Å². The number of hydrogen-bond acceptors (Lipinski definition) is 1. The van der Waals surface area contributed by atoms with Gasteiger partial charge in [-0.2, -0.15) is 0 Å². The van der Waals surface area contributed by atoms with Crippen molar-refractivity contribution in [1.82, 2.24) is 0 Å². The Balaban J connectivity index is -0.000000108. The second-order valence-corrected chi connectivity index (χ2v) is 2.89. The second-order valence-electron chi connectivity index (χ2n) is 2.89. The van der Waals surface area contributed by atoms with Crippen LogP contribution in [0.3, 0.4) is 0 Å². The summed E-state index contributed by atoms with van der Waals surface area (Å²) in [6, 6.07) is 9.19. The van der Waals surface area contributed by atoms with Gasteiger partial charge in [-0.05, 0) is 6.92 Å². The van der Waals surface area contributed by atoms with Gasteiger partial charge in [0.2, 0.25) is 0 Å². The van der Waals surface area contributed by atoms with Crippen LogP contribution < -0.4 is 24.8 Å². The minimum atomic E-state index is 0. The summed E-state index contributed by atoms with van der Waals surface area (Å²) in [7, 11) is 0. The number of halogens is 2. The molecule has 0 aliphatic rings. The van der Waals surface area contributed by atoms with Gasteiger partial charge < -0.3 is 24.8 Å². The average molecular weight is 380 g/mol. The molecule has 4 radical (unpaired) electrons. The molecule has 0 bridgehead atoms. The van der Waals surface area contributed by atoms with Crippen LogP contribution in [0, 0.1) is 13.8 Å². The number of carbonyl (C=O) groups excluding carboxylic acids is 1. The molecule has 1 aromatic rings. The van der Waals surface area contributed by atoms with Crippen molar-refractivity contribution in [2.75, 3.05) is 0 Å². The second kappa shape index (κ2) is 18.6. The third kappa shape index (κ3) is 14.2. The molecule has 94 valence electrons. The van der Waals surface area contributed by atoms with Crippen LogP contribution in [-0.4, -0.2) is 29.7 Å². The maximum Gasteiger partial charge on any atom is 2.00 e. The third-order valence-corrected chi connectivity index (χ3v) is 1.68.